The van der Waals surface area contributed by atoms with Crippen molar-refractivity contribution in [2.45, 2.75) is 37.8 Å². The van der Waals surface area contributed by atoms with Gasteiger partial charge in [0, 0.05) is 24.3 Å². The van der Waals surface area contributed by atoms with Gasteiger partial charge < -0.3 is 31.1 Å². The maximum absolute atomic E-state index is 11.5. The predicted octanol–water partition coefficient (Wildman–Crippen LogP) is -0.764. The Morgan fingerprint density at radius 1 is 0.607 bits per heavy atom. The lowest BCUT2D eigenvalue weighted by Crippen LogP contribution is -2.43. The summed E-state index contributed by atoms with van der Waals surface area (Å²) in [4.78, 5) is 66.0. The fourth-order valence-electron chi connectivity index (χ4n) is 1.56. The van der Waals surface area contributed by atoms with Crippen LogP contribution in [0.5, 0.6) is 0 Å². The van der Waals surface area contributed by atoms with Crippen LogP contribution in [0.2, 0.25) is 0 Å². The minimum atomic E-state index is -1.34. The SMILES string of the molecule is O=C(O)CCC(=O)N[C@@H](CSSC[C@H](NC(=O)CCC(=O)O)C(=O)O)C(=O)O. The van der Waals surface area contributed by atoms with Crippen molar-refractivity contribution in [1.82, 2.24) is 10.6 Å². The number of aliphatic carboxylic acids is 4. The smallest absolute Gasteiger partial charge is 0.327 e. The van der Waals surface area contributed by atoms with Gasteiger partial charge in [-0.3, -0.25) is 19.2 Å². The van der Waals surface area contributed by atoms with Crippen molar-refractivity contribution in [3.63, 3.8) is 0 Å². The van der Waals surface area contributed by atoms with Gasteiger partial charge in [0.2, 0.25) is 11.8 Å². The number of hydrogen-bond acceptors (Lipinski definition) is 8. The average molecular weight is 440 g/mol. The van der Waals surface area contributed by atoms with E-state index in [1.807, 2.05) is 0 Å². The van der Waals surface area contributed by atoms with E-state index in [1.54, 1.807) is 0 Å². The summed E-state index contributed by atoms with van der Waals surface area (Å²) in [7, 11) is 1.89. The maximum atomic E-state index is 11.5. The first-order valence-corrected chi connectivity index (χ1v) is 10.2. The number of nitrogens with one attached hydrogen (secondary N) is 2. The number of carbonyl (C=O) groups excluding carboxylic acids is 2. The summed E-state index contributed by atoms with van der Waals surface area (Å²) < 4.78 is 0. The number of amides is 2. The van der Waals surface area contributed by atoms with E-state index in [1.165, 1.54) is 0 Å². The molecule has 12 nitrogen and oxygen atoms in total. The van der Waals surface area contributed by atoms with E-state index in [-0.39, 0.29) is 24.3 Å². The van der Waals surface area contributed by atoms with Crippen LogP contribution in [0.4, 0.5) is 0 Å². The normalized spacial score (nSPS) is 12.4. The minimum absolute atomic E-state index is 0.127. The van der Waals surface area contributed by atoms with Crippen molar-refractivity contribution in [2.24, 2.45) is 0 Å². The Morgan fingerprint density at radius 2 is 0.929 bits per heavy atom. The number of carboxylic acids is 4. The standard InChI is InChI=1S/C14H20N2O10S2/c17-9(1-3-11(19)20)15-7(13(23)24)5-27-28-6-8(14(25)26)16-10(18)2-4-12(21)22/h7-8H,1-6H2,(H,15,17)(H,16,18)(H,19,20)(H,21,22)(H,23,24)(H,25,26)/t7-,8-/m0/s1. The summed E-state index contributed by atoms with van der Waals surface area (Å²) in [5, 5.41) is 39.4. The third-order valence-electron chi connectivity index (χ3n) is 2.95. The molecule has 0 unspecified atom stereocenters. The summed E-state index contributed by atoms with van der Waals surface area (Å²) >= 11 is 0. The molecule has 6 N–H and O–H groups in total. The van der Waals surface area contributed by atoms with Crippen LogP contribution >= 0.6 is 21.6 Å². The van der Waals surface area contributed by atoms with Crippen molar-refractivity contribution in [3.05, 3.63) is 0 Å². The van der Waals surface area contributed by atoms with E-state index in [9.17, 15) is 28.8 Å². The van der Waals surface area contributed by atoms with Crippen molar-refractivity contribution in [3.8, 4) is 0 Å². The zero-order valence-electron chi connectivity index (χ0n) is 14.5. The Hall–Kier alpha value is -2.48. The molecular weight excluding hydrogens is 420 g/mol. The van der Waals surface area contributed by atoms with Crippen molar-refractivity contribution < 1.29 is 49.2 Å². The summed E-state index contributed by atoms with van der Waals surface area (Å²) in [6.45, 7) is 0. The van der Waals surface area contributed by atoms with Crippen LogP contribution in [0.1, 0.15) is 25.7 Å². The number of carboxylic acid groups (broad SMARTS) is 4. The molecule has 28 heavy (non-hydrogen) atoms. The van der Waals surface area contributed by atoms with E-state index in [4.69, 9.17) is 20.4 Å². The van der Waals surface area contributed by atoms with Crippen molar-refractivity contribution in [2.75, 3.05) is 11.5 Å². The van der Waals surface area contributed by atoms with Gasteiger partial charge in [0.25, 0.3) is 0 Å². The molecule has 0 aromatic rings. The van der Waals surface area contributed by atoms with Gasteiger partial charge in [0.1, 0.15) is 12.1 Å². The number of carbonyl (C=O) groups is 6. The molecule has 0 saturated carbocycles. The highest BCUT2D eigenvalue weighted by atomic mass is 33.1. The molecule has 0 aromatic heterocycles. The highest BCUT2D eigenvalue weighted by Crippen LogP contribution is 2.23. The molecule has 14 heteroatoms. The quantitative estimate of drug-likeness (QED) is 0.137. The molecule has 0 rings (SSSR count). The van der Waals surface area contributed by atoms with Gasteiger partial charge in [-0.2, -0.15) is 0 Å². The fraction of sp³-hybridized carbons (Fsp3) is 0.571. The molecule has 2 amide bonds. The second-order valence-electron chi connectivity index (χ2n) is 5.27. The van der Waals surface area contributed by atoms with E-state index in [0.717, 1.165) is 21.6 Å². The molecule has 158 valence electrons. The highest BCUT2D eigenvalue weighted by molar-refractivity contribution is 8.76. The second-order valence-corrected chi connectivity index (χ2v) is 7.83. The zero-order valence-corrected chi connectivity index (χ0v) is 16.1. The predicted molar refractivity (Wildman–Crippen MR) is 97.8 cm³/mol. The van der Waals surface area contributed by atoms with Gasteiger partial charge in [0.05, 0.1) is 12.8 Å². The van der Waals surface area contributed by atoms with Crippen LogP contribution in [0, 0.1) is 0 Å². The van der Waals surface area contributed by atoms with Crippen LogP contribution in [-0.4, -0.2) is 79.7 Å². The van der Waals surface area contributed by atoms with Crippen LogP contribution in [0.25, 0.3) is 0 Å². The monoisotopic (exact) mass is 440 g/mol. The first-order valence-electron chi connectivity index (χ1n) is 7.75. The molecule has 2 atom stereocenters. The first-order chi connectivity index (χ1) is 13.0. The van der Waals surface area contributed by atoms with Gasteiger partial charge in [0.15, 0.2) is 0 Å². The third-order valence-corrected chi connectivity index (χ3v) is 5.37. The topological polar surface area (TPSA) is 207 Å². The van der Waals surface area contributed by atoms with Gasteiger partial charge in [-0.15, -0.1) is 0 Å². The van der Waals surface area contributed by atoms with Gasteiger partial charge >= 0.3 is 23.9 Å². The molecule has 0 spiro atoms. The van der Waals surface area contributed by atoms with Crippen LogP contribution < -0.4 is 10.6 Å². The van der Waals surface area contributed by atoms with Crippen LogP contribution in [0.15, 0.2) is 0 Å². The molecule has 0 saturated heterocycles. The Labute approximate surface area is 166 Å². The second kappa shape index (κ2) is 13.7. The fourth-order valence-corrected chi connectivity index (χ4v) is 3.87. The van der Waals surface area contributed by atoms with E-state index < -0.39 is 60.6 Å². The van der Waals surface area contributed by atoms with Gasteiger partial charge in [-0.05, 0) is 0 Å². The van der Waals surface area contributed by atoms with E-state index >= 15 is 0 Å². The van der Waals surface area contributed by atoms with Crippen LogP contribution in [0.3, 0.4) is 0 Å². The van der Waals surface area contributed by atoms with Gasteiger partial charge in [-0.25, -0.2) is 9.59 Å². The zero-order chi connectivity index (χ0) is 21.7. The Bertz CT molecular complexity index is 561. The highest BCUT2D eigenvalue weighted by Gasteiger charge is 2.23. The lowest BCUT2D eigenvalue weighted by molar-refractivity contribution is -0.142. The summed E-state index contributed by atoms with van der Waals surface area (Å²) in [5.74, 6) is -6.81. The van der Waals surface area contributed by atoms with E-state index in [2.05, 4.69) is 10.6 Å². The minimum Gasteiger partial charge on any atom is -0.481 e. The molecule has 0 aromatic carbocycles. The molecule has 0 bridgehead atoms. The molecule has 0 aliphatic heterocycles. The lowest BCUT2D eigenvalue weighted by atomic mass is 10.2. The molecule has 0 heterocycles. The molecule has 0 fully saturated rings. The Balaban J connectivity index is 4.38. The molecule has 0 radical (unpaired) electrons. The molecule has 0 aliphatic carbocycles. The molecule has 0 aliphatic rings. The third kappa shape index (κ3) is 12.8. The average Bonchev–Trinajstić information content (AvgIpc) is 2.59. The maximum Gasteiger partial charge on any atom is 0.327 e. The Kier molecular flexibility index (Phi) is 12.4. The van der Waals surface area contributed by atoms with Crippen molar-refractivity contribution in [1.29, 1.82) is 0 Å². The Morgan fingerprint density at radius 3 is 1.18 bits per heavy atom. The summed E-state index contributed by atoms with van der Waals surface area (Å²) in [6, 6.07) is -2.60. The van der Waals surface area contributed by atoms with E-state index in [0.29, 0.717) is 0 Å². The summed E-state index contributed by atoms with van der Waals surface area (Å²) in [6.07, 6.45) is -1.63. The van der Waals surface area contributed by atoms with Crippen LogP contribution in [-0.2, 0) is 28.8 Å². The lowest BCUT2D eigenvalue weighted by Gasteiger charge is -2.16. The summed E-state index contributed by atoms with van der Waals surface area (Å²) in [5.41, 5.74) is 0. The number of hydrogen-bond donors (Lipinski definition) is 6. The number of rotatable bonds is 15. The first kappa shape index (κ1) is 25.5. The molecular formula is C14H20N2O10S2. The van der Waals surface area contributed by atoms with Crippen molar-refractivity contribution >= 4 is 57.3 Å². The largest absolute Gasteiger partial charge is 0.481 e. The van der Waals surface area contributed by atoms with Gasteiger partial charge in [-0.1, -0.05) is 21.6 Å².